The van der Waals surface area contributed by atoms with Gasteiger partial charge in [-0.05, 0) is 36.5 Å². The first-order valence-corrected chi connectivity index (χ1v) is 5.63. The summed E-state index contributed by atoms with van der Waals surface area (Å²) in [6.45, 7) is 0. The van der Waals surface area contributed by atoms with Crippen LogP contribution in [0.25, 0.3) is 0 Å². The van der Waals surface area contributed by atoms with E-state index in [1.807, 2.05) is 12.1 Å². The highest BCUT2D eigenvalue weighted by Crippen LogP contribution is 2.35. The summed E-state index contributed by atoms with van der Waals surface area (Å²) >= 11 is 5.88. The fourth-order valence-electron chi connectivity index (χ4n) is 2.21. The minimum Gasteiger partial charge on any atom is -0.506 e. The van der Waals surface area contributed by atoms with Gasteiger partial charge in [-0.1, -0.05) is 36.9 Å². The molecule has 1 fully saturated rings. The molecule has 0 atom stereocenters. The van der Waals surface area contributed by atoms with Crippen LogP contribution in [-0.2, 0) is 0 Å². The van der Waals surface area contributed by atoms with Crippen molar-refractivity contribution in [3.8, 4) is 5.75 Å². The Kier molecular flexibility index (Phi) is 2.97. The van der Waals surface area contributed by atoms with Crippen molar-refractivity contribution in [1.29, 1.82) is 0 Å². The molecule has 0 radical (unpaired) electrons. The van der Waals surface area contributed by atoms with E-state index in [0.29, 0.717) is 10.9 Å². The lowest BCUT2D eigenvalue weighted by atomic mass is 9.84. The molecule has 0 aromatic heterocycles. The summed E-state index contributed by atoms with van der Waals surface area (Å²) in [6.07, 6.45) is 6.54. The molecule has 0 saturated heterocycles. The van der Waals surface area contributed by atoms with E-state index >= 15 is 0 Å². The quantitative estimate of drug-likeness (QED) is 0.740. The first-order chi connectivity index (χ1) is 6.77. The fourth-order valence-corrected chi connectivity index (χ4v) is 2.40. The number of phenolic OH excluding ortho intramolecular Hbond substituents is 1. The maximum Gasteiger partial charge on any atom is 0.134 e. The van der Waals surface area contributed by atoms with E-state index < -0.39 is 0 Å². The van der Waals surface area contributed by atoms with Gasteiger partial charge in [-0.25, -0.2) is 0 Å². The van der Waals surface area contributed by atoms with Crippen molar-refractivity contribution < 1.29 is 5.11 Å². The van der Waals surface area contributed by atoms with E-state index in [4.69, 9.17) is 11.6 Å². The third-order valence-electron chi connectivity index (χ3n) is 3.05. The van der Waals surface area contributed by atoms with Crippen LogP contribution in [0.5, 0.6) is 5.75 Å². The van der Waals surface area contributed by atoms with E-state index in [0.717, 1.165) is 0 Å². The highest BCUT2D eigenvalue weighted by Gasteiger charge is 2.16. The van der Waals surface area contributed by atoms with E-state index in [1.165, 1.54) is 37.7 Å². The van der Waals surface area contributed by atoms with Crippen LogP contribution in [0.15, 0.2) is 18.2 Å². The molecule has 0 amide bonds. The van der Waals surface area contributed by atoms with Crippen LogP contribution in [0.2, 0.25) is 5.02 Å². The Morgan fingerprint density at radius 3 is 2.50 bits per heavy atom. The largest absolute Gasteiger partial charge is 0.506 e. The molecule has 1 nitrogen and oxygen atoms in total. The number of aromatic hydroxyl groups is 1. The van der Waals surface area contributed by atoms with Crippen molar-refractivity contribution in [2.24, 2.45) is 0 Å². The molecule has 1 aliphatic carbocycles. The summed E-state index contributed by atoms with van der Waals surface area (Å²) in [6, 6.07) is 5.61. The second-order valence-corrected chi connectivity index (χ2v) is 4.45. The molecule has 0 spiro atoms. The zero-order valence-electron chi connectivity index (χ0n) is 8.17. The summed E-state index contributed by atoms with van der Waals surface area (Å²) in [7, 11) is 0. The molecule has 1 aromatic carbocycles. The molecule has 0 aliphatic heterocycles. The first-order valence-electron chi connectivity index (χ1n) is 5.26. The lowest BCUT2D eigenvalue weighted by Crippen LogP contribution is -2.04. The van der Waals surface area contributed by atoms with Gasteiger partial charge in [0.2, 0.25) is 0 Å². The Morgan fingerprint density at radius 1 is 1.14 bits per heavy atom. The van der Waals surface area contributed by atoms with Gasteiger partial charge in [-0.2, -0.15) is 0 Å². The molecule has 0 unspecified atom stereocenters. The zero-order chi connectivity index (χ0) is 9.97. The fraction of sp³-hybridized carbons (Fsp3) is 0.500. The van der Waals surface area contributed by atoms with Gasteiger partial charge < -0.3 is 5.11 Å². The predicted octanol–water partition coefficient (Wildman–Crippen LogP) is 4.09. The van der Waals surface area contributed by atoms with Crippen LogP contribution in [0, 0.1) is 0 Å². The molecule has 2 heteroatoms. The summed E-state index contributed by atoms with van der Waals surface area (Å²) in [4.78, 5) is 0. The molecule has 1 aromatic rings. The Hall–Kier alpha value is -0.690. The van der Waals surface area contributed by atoms with Gasteiger partial charge in [0, 0.05) is 0 Å². The summed E-state index contributed by atoms with van der Waals surface area (Å²) in [5.41, 5.74) is 1.28. The Morgan fingerprint density at radius 2 is 1.86 bits per heavy atom. The van der Waals surface area contributed by atoms with E-state index in [9.17, 15) is 5.11 Å². The normalized spacial score (nSPS) is 18.4. The SMILES string of the molecule is Oc1ccc(C2CCCCC2)cc1Cl. The van der Waals surface area contributed by atoms with Crippen molar-refractivity contribution in [2.45, 2.75) is 38.0 Å². The number of benzene rings is 1. The smallest absolute Gasteiger partial charge is 0.134 e. The predicted molar refractivity (Wildman–Crippen MR) is 58.9 cm³/mol. The summed E-state index contributed by atoms with van der Waals surface area (Å²) < 4.78 is 0. The maximum atomic E-state index is 9.31. The van der Waals surface area contributed by atoms with Gasteiger partial charge in [0.05, 0.1) is 5.02 Å². The Bertz CT molecular complexity index is 316. The van der Waals surface area contributed by atoms with Crippen molar-refractivity contribution in [3.63, 3.8) is 0 Å². The van der Waals surface area contributed by atoms with Gasteiger partial charge >= 0.3 is 0 Å². The van der Waals surface area contributed by atoms with E-state index in [1.54, 1.807) is 6.07 Å². The highest BCUT2D eigenvalue weighted by atomic mass is 35.5. The summed E-state index contributed by atoms with van der Waals surface area (Å²) in [5, 5.41) is 9.79. The van der Waals surface area contributed by atoms with Crippen LogP contribution in [0.3, 0.4) is 0 Å². The summed E-state index contributed by atoms with van der Waals surface area (Å²) in [5.74, 6) is 0.841. The lowest BCUT2D eigenvalue weighted by Gasteiger charge is -2.22. The maximum absolute atomic E-state index is 9.31. The van der Waals surface area contributed by atoms with Gasteiger partial charge in [0.15, 0.2) is 0 Å². The van der Waals surface area contributed by atoms with Gasteiger partial charge in [-0.3, -0.25) is 0 Å². The number of hydrogen-bond donors (Lipinski definition) is 1. The minimum atomic E-state index is 0.186. The van der Waals surface area contributed by atoms with Crippen molar-refractivity contribution in [2.75, 3.05) is 0 Å². The first kappa shape index (κ1) is 9.85. The van der Waals surface area contributed by atoms with Gasteiger partial charge in [0.1, 0.15) is 5.75 Å². The monoisotopic (exact) mass is 210 g/mol. The molecule has 1 N–H and O–H groups in total. The molecular weight excluding hydrogens is 196 g/mol. The van der Waals surface area contributed by atoms with Crippen LogP contribution in [0.4, 0.5) is 0 Å². The standard InChI is InChI=1S/C12H15ClO/c13-11-8-10(6-7-12(11)14)9-4-2-1-3-5-9/h6-9,14H,1-5H2. The van der Waals surface area contributed by atoms with Crippen molar-refractivity contribution in [3.05, 3.63) is 28.8 Å². The minimum absolute atomic E-state index is 0.186. The van der Waals surface area contributed by atoms with Crippen molar-refractivity contribution in [1.82, 2.24) is 0 Å². The Labute approximate surface area is 89.7 Å². The van der Waals surface area contributed by atoms with Crippen LogP contribution >= 0.6 is 11.6 Å². The second kappa shape index (κ2) is 4.22. The molecule has 1 saturated carbocycles. The van der Waals surface area contributed by atoms with Crippen LogP contribution in [0.1, 0.15) is 43.6 Å². The van der Waals surface area contributed by atoms with E-state index in [-0.39, 0.29) is 5.75 Å². The average Bonchev–Trinajstić information content (AvgIpc) is 2.23. The topological polar surface area (TPSA) is 20.2 Å². The zero-order valence-corrected chi connectivity index (χ0v) is 8.93. The highest BCUT2D eigenvalue weighted by molar-refractivity contribution is 6.32. The number of phenols is 1. The van der Waals surface area contributed by atoms with Crippen molar-refractivity contribution >= 4 is 11.6 Å². The van der Waals surface area contributed by atoms with Crippen LogP contribution < -0.4 is 0 Å². The number of halogens is 1. The molecule has 76 valence electrons. The third kappa shape index (κ3) is 2.03. The third-order valence-corrected chi connectivity index (χ3v) is 3.35. The molecule has 1 aliphatic rings. The molecule has 2 rings (SSSR count). The lowest BCUT2D eigenvalue weighted by molar-refractivity contribution is 0.442. The molecule has 14 heavy (non-hydrogen) atoms. The average molecular weight is 211 g/mol. The van der Waals surface area contributed by atoms with Crippen LogP contribution in [-0.4, -0.2) is 5.11 Å². The van der Waals surface area contributed by atoms with Gasteiger partial charge in [0.25, 0.3) is 0 Å². The second-order valence-electron chi connectivity index (χ2n) is 4.05. The number of rotatable bonds is 1. The molecule has 0 heterocycles. The van der Waals surface area contributed by atoms with Gasteiger partial charge in [-0.15, -0.1) is 0 Å². The molecule has 0 bridgehead atoms. The Balaban J connectivity index is 2.18. The van der Waals surface area contributed by atoms with E-state index in [2.05, 4.69) is 0 Å². The molecular formula is C12H15ClO. The number of hydrogen-bond acceptors (Lipinski definition) is 1.